The minimum absolute atomic E-state index is 0.374. The smallest absolute Gasteiger partial charge is 0.122 e. The molecule has 0 radical (unpaired) electrons. The van der Waals surface area contributed by atoms with Crippen molar-refractivity contribution in [2.24, 2.45) is 11.7 Å². The highest BCUT2D eigenvalue weighted by molar-refractivity contribution is 5.33. The van der Waals surface area contributed by atoms with Gasteiger partial charge < -0.3 is 10.5 Å². The van der Waals surface area contributed by atoms with E-state index in [-0.39, 0.29) is 0 Å². The summed E-state index contributed by atoms with van der Waals surface area (Å²) in [7, 11) is 0. The van der Waals surface area contributed by atoms with Crippen LogP contribution in [0, 0.1) is 5.92 Å². The average molecular weight is 233 g/mol. The van der Waals surface area contributed by atoms with Crippen LogP contribution in [0.15, 0.2) is 24.3 Å². The molecule has 0 aromatic heterocycles. The van der Waals surface area contributed by atoms with Gasteiger partial charge in [0, 0.05) is 6.04 Å². The van der Waals surface area contributed by atoms with Crippen LogP contribution in [0.3, 0.4) is 0 Å². The van der Waals surface area contributed by atoms with E-state index in [9.17, 15) is 0 Å². The number of rotatable bonds is 4. The fourth-order valence-corrected chi connectivity index (χ4v) is 2.74. The van der Waals surface area contributed by atoms with Crippen molar-refractivity contribution in [1.82, 2.24) is 0 Å². The largest absolute Gasteiger partial charge is 0.494 e. The molecule has 0 bridgehead atoms. The number of ether oxygens (including phenoxy) is 1. The summed E-state index contributed by atoms with van der Waals surface area (Å²) in [5, 5.41) is 0. The Morgan fingerprint density at radius 2 is 2.00 bits per heavy atom. The van der Waals surface area contributed by atoms with Gasteiger partial charge in [0.15, 0.2) is 0 Å². The van der Waals surface area contributed by atoms with E-state index >= 15 is 0 Å². The van der Waals surface area contributed by atoms with Crippen LogP contribution in [-0.4, -0.2) is 12.6 Å². The Morgan fingerprint density at radius 3 is 2.76 bits per heavy atom. The Kier molecular flexibility index (Phi) is 4.43. The Hall–Kier alpha value is -1.02. The molecule has 1 aliphatic rings. The SMILES string of the molecule is CCOc1ccccc1CC1CCCCC1N. The summed E-state index contributed by atoms with van der Waals surface area (Å²) in [5.41, 5.74) is 7.53. The van der Waals surface area contributed by atoms with Crippen molar-refractivity contribution in [2.45, 2.75) is 45.1 Å². The second-order valence-electron chi connectivity index (χ2n) is 4.95. The Bertz CT molecular complexity index is 351. The van der Waals surface area contributed by atoms with Crippen LogP contribution in [0.2, 0.25) is 0 Å². The monoisotopic (exact) mass is 233 g/mol. The van der Waals surface area contributed by atoms with Gasteiger partial charge in [0.1, 0.15) is 5.75 Å². The van der Waals surface area contributed by atoms with Crippen LogP contribution < -0.4 is 10.5 Å². The van der Waals surface area contributed by atoms with Gasteiger partial charge in [0.05, 0.1) is 6.61 Å². The van der Waals surface area contributed by atoms with Gasteiger partial charge in [0.25, 0.3) is 0 Å². The summed E-state index contributed by atoms with van der Waals surface area (Å²) >= 11 is 0. The highest BCUT2D eigenvalue weighted by Crippen LogP contribution is 2.29. The second kappa shape index (κ2) is 6.06. The molecule has 17 heavy (non-hydrogen) atoms. The van der Waals surface area contributed by atoms with E-state index in [1.807, 2.05) is 13.0 Å². The maximum atomic E-state index is 6.21. The summed E-state index contributed by atoms with van der Waals surface area (Å²) in [6, 6.07) is 8.74. The molecule has 2 atom stereocenters. The molecule has 0 amide bonds. The summed E-state index contributed by atoms with van der Waals surface area (Å²) < 4.78 is 5.67. The first kappa shape index (κ1) is 12.4. The zero-order chi connectivity index (χ0) is 12.1. The van der Waals surface area contributed by atoms with Crippen molar-refractivity contribution in [3.05, 3.63) is 29.8 Å². The first-order chi connectivity index (χ1) is 8.31. The summed E-state index contributed by atoms with van der Waals surface area (Å²) in [4.78, 5) is 0. The standard InChI is InChI=1S/C15H23NO/c1-2-17-15-10-6-4-8-13(15)11-12-7-3-5-9-14(12)16/h4,6,8,10,12,14H,2-3,5,7,9,11,16H2,1H3. The lowest BCUT2D eigenvalue weighted by Crippen LogP contribution is -2.34. The van der Waals surface area contributed by atoms with E-state index in [0.717, 1.165) is 18.8 Å². The van der Waals surface area contributed by atoms with Gasteiger partial charge in [0.2, 0.25) is 0 Å². The predicted molar refractivity (Wildman–Crippen MR) is 71.2 cm³/mol. The topological polar surface area (TPSA) is 35.2 Å². The molecule has 2 unspecified atom stereocenters. The highest BCUT2D eigenvalue weighted by Gasteiger charge is 2.22. The van der Waals surface area contributed by atoms with Crippen LogP contribution in [-0.2, 0) is 6.42 Å². The Balaban J connectivity index is 2.06. The van der Waals surface area contributed by atoms with Gasteiger partial charge in [-0.1, -0.05) is 31.0 Å². The fraction of sp³-hybridized carbons (Fsp3) is 0.600. The minimum Gasteiger partial charge on any atom is -0.494 e. The molecule has 2 N–H and O–H groups in total. The van der Waals surface area contributed by atoms with Gasteiger partial charge in [-0.2, -0.15) is 0 Å². The van der Waals surface area contributed by atoms with E-state index in [1.165, 1.54) is 31.2 Å². The van der Waals surface area contributed by atoms with E-state index in [0.29, 0.717) is 12.0 Å². The van der Waals surface area contributed by atoms with Crippen LogP contribution in [0.1, 0.15) is 38.2 Å². The molecule has 2 rings (SSSR count). The number of benzene rings is 1. The lowest BCUT2D eigenvalue weighted by Gasteiger charge is -2.29. The molecule has 94 valence electrons. The lowest BCUT2D eigenvalue weighted by atomic mass is 9.81. The molecule has 1 aromatic carbocycles. The van der Waals surface area contributed by atoms with Crippen LogP contribution in [0.5, 0.6) is 5.75 Å². The van der Waals surface area contributed by atoms with Gasteiger partial charge in [-0.25, -0.2) is 0 Å². The van der Waals surface area contributed by atoms with Crippen molar-refractivity contribution in [3.63, 3.8) is 0 Å². The quantitative estimate of drug-likeness (QED) is 0.867. The summed E-state index contributed by atoms with van der Waals surface area (Å²) in [6.45, 7) is 2.76. The molecule has 0 heterocycles. The molecule has 1 aliphatic carbocycles. The molecule has 1 saturated carbocycles. The summed E-state index contributed by atoms with van der Waals surface area (Å²) in [6.07, 6.45) is 6.14. The summed E-state index contributed by atoms with van der Waals surface area (Å²) in [5.74, 6) is 1.66. The molecule has 1 aromatic rings. The van der Waals surface area contributed by atoms with E-state index in [2.05, 4.69) is 18.2 Å². The first-order valence-electron chi connectivity index (χ1n) is 6.77. The molecular weight excluding hydrogens is 210 g/mol. The third-order valence-electron chi connectivity index (χ3n) is 3.72. The van der Waals surface area contributed by atoms with Gasteiger partial charge in [-0.15, -0.1) is 0 Å². The predicted octanol–water partition coefficient (Wildman–Crippen LogP) is 3.15. The first-order valence-corrected chi connectivity index (χ1v) is 6.77. The number of hydrogen-bond acceptors (Lipinski definition) is 2. The van der Waals surface area contributed by atoms with Crippen molar-refractivity contribution in [1.29, 1.82) is 0 Å². The zero-order valence-corrected chi connectivity index (χ0v) is 10.7. The number of hydrogen-bond donors (Lipinski definition) is 1. The molecule has 0 saturated heterocycles. The lowest BCUT2D eigenvalue weighted by molar-refractivity contribution is 0.296. The zero-order valence-electron chi connectivity index (χ0n) is 10.7. The van der Waals surface area contributed by atoms with E-state index in [1.54, 1.807) is 0 Å². The van der Waals surface area contributed by atoms with Crippen LogP contribution in [0.4, 0.5) is 0 Å². The number of nitrogens with two attached hydrogens (primary N) is 1. The third-order valence-corrected chi connectivity index (χ3v) is 3.72. The molecule has 2 heteroatoms. The van der Waals surface area contributed by atoms with E-state index < -0.39 is 0 Å². The fourth-order valence-electron chi connectivity index (χ4n) is 2.74. The average Bonchev–Trinajstić information content (AvgIpc) is 2.35. The van der Waals surface area contributed by atoms with Gasteiger partial charge in [-0.05, 0) is 43.7 Å². The van der Waals surface area contributed by atoms with Crippen molar-refractivity contribution < 1.29 is 4.74 Å². The maximum Gasteiger partial charge on any atom is 0.122 e. The molecule has 2 nitrogen and oxygen atoms in total. The van der Waals surface area contributed by atoms with E-state index in [4.69, 9.17) is 10.5 Å². The Morgan fingerprint density at radius 1 is 1.24 bits per heavy atom. The molecular formula is C15H23NO. The molecule has 1 fully saturated rings. The maximum absolute atomic E-state index is 6.21. The van der Waals surface area contributed by atoms with Gasteiger partial charge >= 0.3 is 0 Å². The van der Waals surface area contributed by atoms with Crippen LogP contribution in [0.25, 0.3) is 0 Å². The van der Waals surface area contributed by atoms with Crippen LogP contribution >= 0.6 is 0 Å². The minimum atomic E-state index is 0.374. The van der Waals surface area contributed by atoms with Crippen molar-refractivity contribution >= 4 is 0 Å². The molecule has 0 spiro atoms. The molecule has 0 aliphatic heterocycles. The highest BCUT2D eigenvalue weighted by atomic mass is 16.5. The normalized spacial score (nSPS) is 24.6. The number of para-hydroxylation sites is 1. The van der Waals surface area contributed by atoms with Crippen molar-refractivity contribution in [2.75, 3.05) is 6.61 Å². The third kappa shape index (κ3) is 3.22. The van der Waals surface area contributed by atoms with Crippen molar-refractivity contribution in [3.8, 4) is 5.75 Å². The second-order valence-corrected chi connectivity index (χ2v) is 4.95. The Labute approximate surface area is 104 Å². The van der Waals surface area contributed by atoms with Gasteiger partial charge in [-0.3, -0.25) is 0 Å².